The minimum Gasteiger partial charge on any atom is -0.444 e. The summed E-state index contributed by atoms with van der Waals surface area (Å²) in [5, 5.41) is 2.61. The van der Waals surface area contributed by atoms with Crippen molar-refractivity contribution in [2.24, 2.45) is 4.99 Å². The Labute approximate surface area is 201 Å². The number of halogens is 1. The van der Waals surface area contributed by atoms with Gasteiger partial charge in [-0.2, -0.15) is 0 Å². The average molecular weight is 500 g/mol. The highest BCUT2D eigenvalue weighted by molar-refractivity contribution is 8.13. The zero-order valence-electron chi connectivity index (χ0n) is 20.1. The molecular weight excluding hydrogens is 466 g/mol. The smallest absolute Gasteiger partial charge is 0.413 e. The first-order valence-electron chi connectivity index (χ1n) is 10.8. The molecule has 0 aromatic heterocycles. The molecule has 0 bridgehead atoms. The van der Waals surface area contributed by atoms with Crippen LogP contribution in [0.3, 0.4) is 0 Å². The van der Waals surface area contributed by atoms with Crippen molar-refractivity contribution in [1.82, 2.24) is 10.2 Å². The first-order chi connectivity index (χ1) is 15.3. The third kappa shape index (κ3) is 10.9. The van der Waals surface area contributed by atoms with Gasteiger partial charge in [-0.05, 0) is 52.7 Å². The maximum absolute atomic E-state index is 11.9. The Hall–Kier alpha value is -2.39. The van der Waals surface area contributed by atoms with Gasteiger partial charge in [-0.3, -0.25) is 10.1 Å². The van der Waals surface area contributed by atoms with Crippen LogP contribution in [0.5, 0.6) is 0 Å². The molecule has 2 amide bonds. The van der Waals surface area contributed by atoms with Crippen LogP contribution in [0.15, 0.2) is 33.7 Å². The Bertz CT molecular complexity index is 992. The van der Waals surface area contributed by atoms with Crippen LogP contribution in [-0.2, 0) is 18.6 Å². The number of alkyl carbamates (subject to hydrolysis) is 1. The molecule has 1 aliphatic heterocycles. The number of nitrogens with one attached hydrogen (secondary N) is 1. The second-order valence-electron chi connectivity index (χ2n) is 8.65. The topological polar surface area (TPSA) is 105 Å². The Morgan fingerprint density at radius 1 is 1.24 bits per heavy atom. The molecule has 1 aliphatic rings. The zero-order valence-corrected chi connectivity index (χ0v) is 21.7. The Kier molecular flexibility index (Phi) is 11.1. The van der Waals surface area contributed by atoms with Crippen LogP contribution in [0.1, 0.15) is 66.4 Å². The number of fused-ring (bicyclic) bond motifs is 1. The molecule has 0 aliphatic carbocycles. The van der Waals surface area contributed by atoms with Gasteiger partial charge in [-0.25, -0.2) is 18.2 Å². The maximum Gasteiger partial charge on any atom is 0.413 e. The third-order valence-corrected chi connectivity index (χ3v) is 5.55. The molecule has 8 nitrogen and oxygen atoms in total. The minimum atomic E-state index is -3.86. The van der Waals surface area contributed by atoms with Crippen LogP contribution in [0.4, 0.5) is 10.5 Å². The van der Waals surface area contributed by atoms with Gasteiger partial charge >= 0.3 is 6.09 Å². The van der Waals surface area contributed by atoms with Gasteiger partial charge in [0.1, 0.15) is 11.4 Å². The van der Waals surface area contributed by atoms with E-state index in [0.717, 1.165) is 43.5 Å². The lowest BCUT2D eigenvalue weighted by atomic mass is 10.1. The number of hydrogen-bond donors (Lipinski definition) is 1. The number of carbonyl (C=O) groups is 2. The van der Waals surface area contributed by atoms with E-state index in [1.807, 2.05) is 13.0 Å². The molecule has 33 heavy (non-hydrogen) atoms. The van der Waals surface area contributed by atoms with E-state index in [0.29, 0.717) is 17.9 Å². The summed E-state index contributed by atoms with van der Waals surface area (Å²) in [6.45, 7) is 13.1. The van der Waals surface area contributed by atoms with Crippen molar-refractivity contribution < 1.29 is 22.7 Å². The predicted molar refractivity (Wildman–Crippen MR) is 132 cm³/mol. The van der Waals surface area contributed by atoms with Crippen LogP contribution in [-0.4, -0.2) is 50.3 Å². The van der Waals surface area contributed by atoms with Gasteiger partial charge in [0.25, 0.3) is 9.05 Å². The molecule has 0 atom stereocenters. The lowest BCUT2D eigenvalue weighted by molar-refractivity contribution is -0.118. The molecule has 0 fully saturated rings. The van der Waals surface area contributed by atoms with Crippen molar-refractivity contribution in [2.75, 3.05) is 13.1 Å². The lowest BCUT2D eigenvalue weighted by Crippen LogP contribution is -2.36. The van der Waals surface area contributed by atoms with Gasteiger partial charge in [-0.1, -0.05) is 31.6 Å². The van der Waals surface area contributed by atoms with Crippen LogP contribution < -0.4 is 5.32 Å². The van der Waals surface area contributed by atoms with Gasteiger partial charge in [0, 0.05) is 35.8 Å². The summed E-state index contributed by atoms with van der Waals surface area (Å²) in [6.07, 6.45) is 4.72. The second kappa shape index (κ2) is 12.7. The van der Waals surface area contributed by atoms with Gasteiger partial charge in [0.05, 0.1) is 10.6 Å². The van der Waals surface area contributed by atoms with Gasteiger partial charge in [0.2, 0.25) is 6.41 Å². The van der Waals surface area contributed by atoms with Gasteiger partial charge in [-0.15, -0.1) is 0 Å². The van der Waals surface area contributed by atoms with E-state index in [9.17, 15) is 18.0 Å². The summed E-state index contributed by atoms with van der Waals surface area (Å²) in [5.74, 6) is 0.376. The van der Waals surface area contributed by atoms with E-state index in [-0.39, 0.29) is 4.90 Å². The van der Waals surface area contributed by atoms with Crippen molar-refractivity contribution >= 4 is 49.8 Å². The van der Waals surface area contributed by atoms with Crippen LogP contribution in [0.2, 0.25) is 0 Å². The number of aliphatic imine (C=N–C) groups is 1. The van der Waals surface area contributed by atoms with Gasteiger partial charge in [0.15, 0.2) is 0 Å². The summed E-state index contributed by atoms with van der Waals surface area (Å²) in [6, 6.07) is 4.43. The number of amides is 2. The zero-order chi connectivity index (χ0) is 25.2. The van der Waals surface area contributed by atoms with E-state index < -0.39 is 20.7 Å². The number of carbonyl (C=O) groups excluding carboxylic acids is 2. The molecular formula is C23H34ClN3O5S. The summed E-state index contributed by atoms with van der Waals surface area (Å²) < 4.78 is 28.2. The van der Waals surface area contributed by atoms with E-state index in [1.54, 1.807) is 31.7 Å². The van der Waals surface area contributed by atoms with Crippen LogP contribution >= 0.6 is 10.7 Å². The Morgan fingerprint density at radius 2 is 1.85 bits per heavy atom. The largest absolute Gasteiger partial charge is 0.444 e. The molecule has 0 saturated carbocycles. The van der Waals surface area contributed by atoms with Crippen molar-refractivity contribution in [1.29, 1.82) is 0 Å². The van der Waals surface area contributed by atoms with E-state index >= 15 is 0 Å². The van der Waals surface area contributed by atoms with E-state index in [2.05, 4.69) is 24.2 Å². The number of amidine groups is 1. The number of hydrogen-bond acceptors (Lipinski definition) is 6. The highest BCUT2D eigenvalue weighted by Gasteiger charge is 2.20. The van der Waals surface area contributed by atoms with Crippen molar-refractivity contribution in [3.63, 3.8) is 0 Å². The molecule has 10 heteroatoms. The first-order valence-corrected chi connectivity index (χ1v) is 13.1. The Balaban J connectivity index is 0.000000513. The normalized spacial score (nSPS) is 13.3. The summed E-state index contributed by atoms with van der Waals surface area (Å²) in [7, 11) is 1.53. The quantitative estimate of drug-likeness (QED) is 0.425. The first kappa shape index (κ1) is 28.6. The van der Waals surface area contributed by atoms with E-state index in [4.69, 9.17) is 15.4 Å². The lowest BCUT2D eigenvalue weighted by Gasteiger charge is -2.20. The Morgan fingerprint density at radius 3 is 2.33 bits per heavy atom. The fraction of sp³-hybridized carbons (Fsp3) is 0.522. The second-order valence-corrected chi connectivity index (χ2v) is 11.2. The molecule has 184 valence electrons. The maximum atomic E-state index is 11.9. The molecule has 2 rings (SSSR count). The number of nitrogens with zero attached hydrogens (tertiary/aromatic N) is 2. The molecule has 0 saturated heterocycles. The van der Waals surface area contributed by atoms with Gasteiger partial charge < -0.3 is 9.64 Å². The standard InChI is InChI=1S/C16H19ClN2O4S.C7H15NO/c1-10-7-11-5-6-12(24(17,21)22)9-13(11)18-14(8-10)19-15(20)23-16(2,3)4;1-3-5-8(7-9)6-4-2/h5-7,9H,8H2,1-4H3,(H,18,19,20);7H,3-6H2,1-2H3. The summed E-state index contributed by atoms with van der Waals surface area (Å²) >= 11 is 0. The number of ether oxygens (including phenoxy) is 1. The summed E-state index contributed by atoms with van der Waals surface area (Å²) in [5.41, 5.74) is 1.50. The van der Waals surface area contributed by atoms with Crippen molar-refractivity contribution in [3.8, 4) is 0 Å². The fourth-order valence-electron chi connectivity index (χ4n) is 2.94. The van der Waals surface area contributed by atoms with Crippen LogP contribution in [0, 0.1) is 0 Å². The molecule has 1 N–H and O–H groups in total. The SMILES string of the molecule is CC1=Cc2ccc(S(=O)(=O)Cl)cc2N=C(NC(=O)OC(C)(C)C)C1.CCCN(C=O)CCC. The monoisotopic (exact) mass is 499 g/mol. The number of rotatable bonds is 6. The van der Waals surface area contributed by atoms with Crippen molar-refractivity contribution in [3.05, 3.63) is 29.3 Å². The summed E-state index contributed by atoms with van der Waals surface area (Å²) in [4.78, 5) is 28.3. The molecule has 0 spiro atoms. The molecule has 1 aromatic carbocycles. The molecule has 1 heterocycles. The predicted octanol–water partition coefficient (Wildman–Crippen LogP) is 5.24. The molecule has 0 unspecified atom stereocenters. The highest BCUT2D eigenvalue weighted by atomic mass is 35.7. The number of benzene rings is 1. The molecule has 0 radical (unpaired) electrons. The molecule has 1 aromatic rings. The van der Waals surface area contributed by atoms with Crippen LogP contribution in [0.25, 0.3) is 6.08 Å². The average Bonchev–Trinajstić information content (AvgIpc) is 2.82. The highest BCUT2D eigenvalue weighted by Crippen LogP contribution is 2.30. The minimum absolute atomic E-state index is 0.0452. The third-order valence-electron chi connectivity index (χ3n) is 4.20. The van der Waals surface area contributed by atoms with Crippen molar-refractivity contribution in [2.45, 2.75) is 71.3 Å². The fourth-order valence-corrected chi connectivity index (χ4v) is 3.72. The van der Waals surface area contributed by atoms with E-state index in [1.165, 1.54) is 12.1 Å².